The van der Waals surface area contributed by atoms with Gasteiger partial charge in [-0.15, -0.1) is 11.8 Å². The molecule has 1 rings (SSSR count). The minimum absolute atomic E-state index is 0.476. The highest BCUT2D eigenvalue weighted by Gasteiger charge is 2.23. The molecule has 0 saturated carbocycles. The molecule has 0 radical (unpaired) electrons. The van der Waals surface area contributed by atoms with Crippen molar-refractivity contribution in [3.63, 3.8) is 0 Å². The Morgan fingerprint density at radius 2 is 1.93 bits per heavy atom. The summed E-state index contributed by atoms with van der Waals surface area (Å²) in [4.78, 5) is 1.06. The molecule has 1 aromatic rings. The van der Waals surface area contributed by atoms with Crippen LogP contribution in [0.4, 0.5) is 0 Å². The Balaban J connectivity index is 3.21. The molecule has 15 heavy (non-hydrogen) atoms. The SMILES string of the molecule is CC(C)Sc1cccc(Cl)c1C(C)(C)O. The van der Waals surface area contributed by atoms with E-state index in [0.717, 1.165) is 10.5 Å². The van der Waals surface area contributed by atoms with Gasteiger partial charge in [-0.2, -0.15) is 0 Å². The Bertz CT molecular complexity index is 342. The smallest absolute Gasteiger partial charge is 0.0865 e. The molecular weight excluding hydrogens is 228 g/mol. The summed E-state index contributed by atoms with van der Waals surface area (Å²) in [6, 6.07) is 5.74. The first-order valence-corrected chi connectivity index (χ1v) is 6.26. The Labute approximate surface area is 101 Å². The molecule has 0 spiro atoms. The van der Waals surface area contributed by atoms with E-state index in [1.807, 2.05) is 18.2 Å². The van der Waals surface area contributed by atoms with E-state index in [9.17, 15) is 5.11 Å². The van der Waals surface area contributed by atoms with Gasteiger partial charge in [-0.1, -0.05) is 31.5 Å². The van der Waals surface area contributed by atoms with Gasteiger partial charge >= 0.3 is 0 Å². The lowest BCUT2D eigenvalue weighted by molar-refractivity contribution is 0.0759. The van der Waals surface area contributed by atoms with E-state index < -0.39 is 5.60 Å². The van der Waals surface area contributed by atoms with Gasteiger partial charge in [0.2, 0.25) is 0 Å². The fourth-order valence-electron chi connectivity index (χ4n) is 1.45. The van der Waals surface area contributed by atoms with Gasteiger partial charge in [0.25, 0.3) is 0 Å². The highest BCUT2D eigenvalue weighted by Crippen LogP contribution is 2.37. The van der Waals surface area contributed by atoms with Crippen LogP contribution in [0.2, 0.25) is 5.02 Å². The fourth-order valence-corrected chi connectivity index (χ4v) is 3.05. The van der Waals surface area contributed by atoms with E-state index >= 15 is 0 Å². The highest BCUT2D eigenvalue weighted by atomic mass is 35.5. The van der Waals surface area contributed by atoms with Crippen LogP contribution in [0.3, 0.4) is 0 Å². The molecule has 84 valence electrons. The van der Waals surface area contributed by atoms with Crippen LogP contribution in [0.15, 0.2) is 23.1 Å². The first kappa shape index (κ1) is 12.9. The second-order valence-corrected chi connectivity index (χ2v) is 6.36. The van der Waals surface area contributed by atoms with Gasteiger partial charge in [0.05, 0.1) is 5.60 Å². The average Bonchev–Trinajstić information content (AvgIpc) is 1.99. The van der Waals surface area contributed by atoms with Crippen LogP contribution in [-0.4, -0.2) is 10.4 Å². The summed E-state index contributed by atoms with van der Waals surface area (Å²) in [5.41, 5.74) is -0.0689. The number of hydrogen-bond acceptors (Lipinski definition) is 2. The van der Waals surface area contributed by atoms with Crippen LogP contribution in [0.5, 0.6) is 0 Å². The monoisotopic (exact) mass is 244 g/mol. The minimum atomic E-state index is -0.893. The number of aliphatic hydroxyl groups is 1. The zero-order valence-electron chi connectivity index (χ0n) is 9.54. The molecular formula is C12H17ClOS. The van der Waals surface area contributed by atoms with Crippen molar-refractivity contribution in [1.82, 2.24) is 0 Å². The zero-order valence-corrected chi connectivity index (χ0v) is 11.1. The lowest BCUT2D eigenvalue weighted by atomic mass is 9.98. The van der Waals surface area contributed by atoms with Crippen molar-refractivity contribution in [3.05, 3.63) is 28.8 Å². The van der Waals surface area contributed by atoms with E-state index in [0.29, 0.717) is 10.3 Å². The molecule has 1 N–H and O–H groups in total. The maximum Gasteiger partial charge on any atom is 0.0865 e. The third kappa shape index (κ3) is 3.40. The molecule has 0 bridgehead atoms. The lowest BCUT2D eigenvalue weighted by Crippen LogP contribution is -2.17. The topological polar surface area (TPSA) is 20.2 Å². The summed E-state index contributed by atoms with van der Waals surface area (Å²) in [7, 11) is 0. The van der Waals surface area contributed by atoms with Crippen molar-refractivity contribution < 1.29 is 5.11 Å². The van der Waals surface area contributed by atoms with E-state index in [2.05, 4.69) is 13.8 Å². The summed E-state index contributed by atoms with van der Waals surface area (Å²) in [5, 5.41) is 11.2. The molecule has 0 saturated heterocycles. The third-order valence-electron chi connectivity index (χ3n) is 1.95. The van der Waals surface area contributed by atoms with Crippen molar-refractivity contribution in [2.24, 2.45) is 0 Å². The predicted octanol–water partition coefficient (Wildman–Crippen LogP) is 4.07. The molecule has 0 fully saturated rings. The second kappa shape index (κ2) is 4.77. The molecule has 1 aromatic carbocycles. The van der Waals surface area contributed by atoms with Crippen LogP contribution < -0.4 is 0 Å². The molecule has 0 aliphatic rings. The van der Waals surface area contributed by atoms with Crippen molar-refractivity contribution in [3.8, 4) is 0 Å². The molecule has 1 nitrogen and oxygen atoms in total. The first-order valence-electron chi connectivity index (χ1n) is 5.00. The highest BCUT2D eigenvalue weighted by molar-refractivity contribution is 8.00. The summed E-state index contributed by atoms with van der Waals surface area (Å²) in [5.74, 6) is 0. The molecule has 0 amide bonds. The number of benzene rings is 1. The van der Waals surface area contributed by atoms with Gasteiger partial charge in [-0.05, 0) is 26.0 Å². The summed E-state index contributed by atoms with van der Waals surface area (Å²) in [6.45, 7) is 7.77. The van der Waals surface area contributed by atoms with Crippen molar-refractivity contribution in [2.45, 2.75) is 43.4 Å². The molecule has 0 unspecified atom stereocenters. The largest absolute Gasteiger partial charge is 0.386 e. The fraction of sp³-hybridized carbons (Fsp3) is 0.500. The first-order chi connectivity index (χ1) is 6.82. The summed E-state index contributed by atoms with van der Waals surface area (Å²) >= 11 is 7.85. The molecule has 0 aromatic heterocycles. The van der Waals surface area contributed by atoms with Crippen LogP contribution in [0.25, 0.3) is 0 Å². The molecule has 3 heteroatoms. The summed E-state index contributed by atoms with van der Waals surface area (Å²) < 4.78 is 0. The Kier molecular flexibility index (Phi) is 4.10. The number of rotatable bonds is 3. The Morgan fingerprint density at radius 1 is 1.33 bits per heavy atom. The maximum absolute atomic E-state index is 10.1. The summed E-state index contributed by atoms with van der Waals surface area (Å²) in [6.07, 6.45) is 0. The van der Waals surface area contributed by atoms with E-state index in [1.54, 1.807) is 25.6 Å². The number of thioether (sulfide) groups is 1. The van der Waals surface area contributed by atoms with Gasteiger partial charge < -0.3 is 5.11 Å². The molecule has 0 heterocycles. The third-order valence-corrected chi connectivity index (χ3v) is 3.33. The van der Waals surface area contributed by atoms with E-state index in [1.165, 1.54) is 0 Å². The standard InChI is InChI=1S/C12H17ClOS/c1-8(2)15-10-7-5-6-9(13)11(10)12(3,4)14/h5-8,14H,1-4H3. The number of hydrogen-bond donors (Lipinski definition) is 1. The Morgan fingerprint density at radius 3 is 2.40 bits per heavy atom. The van der Waals surface area contributed by atoms with Crippen LogP contribution in [-0.2, 0) is 5.60 Å². The quantitative estimate of drug-likeness (QED) is 0.809. The van der Waals surface area contributed by atoms with Gasteiger partial charge in [0.15, 0.2) is 0 Å². The van der Waals surface area contributed by atoms with Gasteiger partial charge in [-0.3, -0.25) is 0 Å². The second-order valence-electron chi connectivity index (χ2n) is 4.34. The van der Waals surface area contributed by atoms with Crippen LogP contribution in [0.1, 0.15) is 33.3 Å². The van der Waals surface area contributed by atoms with Crippen molar-refractivity contribution in [1.29, 1.82) is 0 Å². The van der Waals surface area contributed by atoms with Gasteiger partial charge in [0.1, 0.15) is 0 Å². The minimum Gasteiger partial charge on any atom is -0.386 e. The van der Waals surface area contributed by atoms with E-state index in [4.69, 9.17) is 11.6 Å². The molecule has 0 aliphatic carbocycles. The maximum atomic E-state index is 10.1. The predicted molar refractivity (Wildman–Crippen MR) is 67.7 cm³/mol. The number of halogens is 1. The van der Waals surface area contributed by atoms with Gasteiger partial charge in [-0.25, -0.2) is 0 Å². The van der Waals surface area contributed by atoms with Crippen LogP contribution in [0, 0.1) is 0 Å². The van der Waals surface area contributed by atoms with Crippen LogP contribution >= 0.6 is 23.4 Å². The van der Waals surface area contributed by atoms with Crippen molar-refractivity contribution in [2.75, 3.05) is 0 Å². The normalized spacial score (nSPS) is 12.2. The average molecular weight is 245 g/mol. The zero-order chi connectivity index (χ0) is 11.6. The van der Waals surface area contributed by atoms with Gasteiger partial charge in [0, 0.05) is 20.7 Å². The molecule has 0 aliphatic heterocycles. The molecule has 0 atom stereocenters. The lowest BCUT2D eigenvalue weighted by Gasteiger charge is -2.23. The Hall–Kier alpha value is -0.180. The van der Waals surface area contributed by atoms with Crippen molar-refractivity contribution >= 4 is 23.4 Å². The van der Waals surface area contributed by atoms with E-state index in [-0.39, 0.29) is 0 Å².